The van der Waals surface area contributed by atoms with E-state index in [1.165, 1.54) is 32.1 Å². The van der Waals surface area contributed by atoms with Gasteiger partial charge in [-0.1, -0.05) is 12.1 Å². The van der Waals surface area contributed by atoms with Gasteiger partial charge in [0.05, 0.1) is 5.56 Å². The largest absolute Gasteiger partial charge is 0.349 e. The minimum absolute atomic E-state index is 0.0637. The molecule has 0 aliphatic heterocycles. The summed E-state index contributed by atoms with van der Waals surface area (Å²) in [5.41, 5.74) is 0.748. The number of carbonyl (C=O) groups is 1. The van der Waals surface area contributed by atoms with Crippen LogP contribution in [0.15, 0.2) is 28.7 Å². The van der Waals surface area contributed by atoms with Gasteiger partial charge in [-0.05, 0) is 96.7 Å². The van der Waals surface area contributed by atoms with Crippen LogP contribution in [0.3, 0.4) is 0 Å². The Labute approximate surface area is 141 Å². The predicted octanol–water partition coefficient (Wildman–Crippen LogP) is 4.64. The summed E-state index contributed by atoms with van der Waals surface area (Å²) in [6.45, 7) is 2.22. The number of benzene rings is 1. The van der Waals surface area contributed by atoms with Crippen LogP contribution >= 0.6 is 15.9 Å². The Morgan fingerprint density at radius 3 is 2.27 bits per heavy atom. The molecule has 1 amide bonds. The van der Waals surface area contributed by atoms with Gasteiger partial charge < -0.3 is 5.32 Å². The molecular formula is C19H24BrNO. The lowest BCUT2D eigenvalue weighted by molar-refractivity contribution is -0.0480. The van der Waals surface area contributed by atoms with E-state index in [0.29, 0.717) is 5.92 Å². The van der Waals surface area contributed by atoms with E-state index in [9.17, 15) is 4.79 Å². The first kappa shape index (κ1) is 14.7. The van der Waals surface area contributed by atoms with Gasteiger partial charge >= 0.3 is 0 Å². The van der Waals surface area contributed by atoms with E-state index in [1.807, 2.05) is 24.3 Å². The third-order valence-corrected chi connectivity index (χ3v) is 7.05. The highest BCUT2D eigenvalue weighted by Gasteiger charge is 2.49. The van der Waals surface area contributed by atoms with Crippen LogP contribution in [-0.2, 0) is 0 Å². The van der Waals surface area contributed by atoms with Crippen LogP contribution in [0, 0.1) is 29.6 Å². The van der Waals surface area contributed by atoms with Crippen molar-refractivity contribution in [2.24, 2.45) is 29.6 Å². The fourth-order valence-corrected chi connectivity index (χ4v) is 6.27. The first-order chi connectivity index (χ1) is 10.6. The molecule has 4 saturated carbocycles. The van der Waals surface area contributed by atoms with Crippen LogP contribution in [0.2, 0.25) is 0 Å². The van der Waals surface area contributed by atoms with Crippen molar-refractivity contribution in [2.75, 3.05) is 0 Å². The molecule has 22 heavy (non-hydrogen) atoms. The SMILES string of the molecule is CC(NC(=O)c1ccccc1Br)C1C2CC3CC(C2)CC1C3. The monoisotopic (exact) mass is 361 g/mol. The van der Waals surface area contributed by atoms with Crippen LogP contribution in [-0.4, -0.2) is 11.9 Å². The minimum atomic E-state index is 0.0637. The van der Waals surface area contributed by atoms with Crippen LogP contribution in [0.1, 0.15) is 49.4 Å². The number of hydrogen-bond donors (Lipinski definition) is 1. The molecule has 2 nitrogen and oxygen atoms in total. The van der Waals surface area contributed by atoms with Crippen molar-refractivity contribution in [1.82, 2.24) is 5.32 Å². The maximum Gasteiger partial charge on any atom is 0.252 e. The smallest absolute Gasteiger partial charge is 0.252 e. The van der Waals surface area contributed by atoms with Crippen LogP contribution in [0.5, 0.6) is 0 Å². The second kappa shape index (κ2) is 5.67. The van der Waals surface area contributed by atoms with E-state index >= 15 is 0 Å². The van der Waals surface area contributed by atoms with E-state index in [2.05, 4.69) is 28.2 Å². The van der Waals surface area contributed by atoms with E-state index in [-0.39, 0.29) is 11.9 Å². The summed E-state index contributed by atoms with van der Waals surface area (Å²) in [4.78, 5) is 12.6. The first-order valence-corrected chi connectivity index (χ1v) is 9.46. The number of rotatable bonds is 3. The zero-order chi connectivity index (χ0) is 15.3. The lowest BCUT2D eigenvalue weighted by Crippen LogP contribution is -2.53. The Bertz CT molecular complexity index is 557. The minimum Gasteiger partial charge on any atom is -0.349 e. The second-order valence-corrected chi connectivity index (χ2v) is 8.60. The molecule has 4 aliphatic carbocycles. The average molecular weight is 362 g/mol. The van der Waals surface area contributed by atoms with Gasteiger partial charge in [-0.2, -0.15) is 0 Å². The fraction of sp³-hybridized carbons (Fsp3) is 0.632. The molecule has 0 spiro atoms. The van der Waals surface area contributed by atoms with E-state index in [1.54, 1.807) is 0 Å². The van der Waals surface area contributed by atoms with Crippen molar-refractivity contribution in [1.29, 1.82) is 0 Å². The van der Waals surface area contributed by atoms with Crippen molar-refractivity contribution in [3.05, 3.63) is 34.3 Å². The lowest BCUT2D eigenvalue weighted by atomic mass is 9.50. The van der Waals surface area contributed by atoms with Gasteiger partial charge in [0.2, 0.25) is 0 Å². The fourth-order valence-electron chi connectivity index (χ4n) is 5.81. The standard InChI is InChI=1S/C19H24BrNO/c1-11(21-19(22)16-4-2-3-5-17(16)20)18-14-7-12-6-13(9-14)10-15(18)8-12/h2-5,11-15,18H,6-10H2,1H3,(H,21,22). The molecule has 1 unspecified atom stereocenters. The molecule has 1 atom stereocenters. The summed E-state index contributed by atoms with van der Waals surface area (Å²) < 4.78 is 0.879. The number of nitrogens with one attached hydrogen (secondary N) is 1. The number of carbonyl (C=O) groups excluding carboxylic acids is 1. The maximum absolute atomic E-state index is 12.6. The number of amides is 1. The highest BCUT2D eigenvalue weighted by atomic mass is 79.9. The summed E-state index contributed by atoms with van der Waals surface area (Å²) in [7, 11) is 0. The Morgan fingerprint density at radius 1 is 1.09 bits per heavy atom. The summed E-state index contributed by atoms with van der Waals surface area (Å²) in [5, 5.41) is 3.30. The van der Waals surface area contributed by atoms with Gasteiger partial charge in [0.25, 0.3) is 5.91 Å². The maximum atomic E-state index is 12.6. The van der Waals surface area contributed by atoms with E-state index in [4.69, 9.17) is 0 Å². The second-order valence-electron chi connectivity index (χ2n) is 7.75. The van der Waals surface area contributed by atoms with Gasteiger partial charge in [0, 0.05) is 10.5 Å². The van der Waals surface area contributed by atoms with Gasteiger partial charge in [0.15, 0.2) is 0 Å². The lowest BCUT2D eigenvalue weighted by Gasteiger charge is -2.56. The Balaban J connectivity index is 1.47. The molecule has 0 saturated heterocycles. The molecular weight excluding hydrogens is 338 g/mol. The van der Waals surface area contributed by atoms with Crippen LogP contribution in [0.4, 0.5) is 0 Å². The van der Waals surface area contributed by atoms with Crippen molar-refractivity contribution >= 4 is 21.8 Å². The highest BCUT2D eigenvalue weighted by molar-refractivity contribution is 9.10. The normalized spacial score (nSPS) is 37.1. The molecule has 118 valence electrons. The molecule has 0 radical (unpaired) electrons. The van der Waals surface area contributed by atoms with Gasteiger partial charge in [-0.15, -0.1) is 0 Å². The molecule has 5 rings (SSSR count). The quantitative estimate of drug-likeness (QED) is 0.834. The number of hydrogen-bond acceptors (Lipinski definition) is 1. The molecule has 4 bridgehead atoms. The summed E-state index contributed by atoms with van der Waals surface area (Å²) in [6.07, 6.45) is 7.12. The van der Waals surface area contributed by atoms with Gasteiger partial charge in [0.1, 0.15) is 0 Å². The summed E-state index contributed by atoms with van der Waals surface area (Å²) in [5.74, 6) is 4.44. The molecule has 0 aromatic heterocycles. The summed E-state index contributed by atoms with van der Waals surface area (Å²) in [6, 6.07) is 7.98. The molecule has 1 N–H and O–H groups in total. The molecule has 1 aromatic rings. The average Bonchev–Trinajstić information content (AvgIpc) is 2.46. The molecule has 0 heterocycles. The third kappa shape index (κ3) is 2.51. The highest BCUT2D eigenvalue weighted by Crippen LogP contribution is 2.57. The third-order valence-electron chi connectivity index (χ3n) is 6.35. The molecule has 3 heteroatoms. The Morgan fingerprint density at radius 2 is 1.68 bits per heavy atom. The van der Waals surface area contributed by atoms with E-state index in [0.717, 1.165) is 33.7 Å². The predicted molar refractivity (Wildman–Crippen MR) is 91.6 cm³/mol. The zero-order valence-electron chi connectivity index (χ0n) is 13.1. The van der Waals surface area contributed by atoms with Gasteiger partial charge in [-0.25, -0.2) is 0 Å². The molecule has 4 fully saturated rings. The summed E-state index contributed by atoms with van der Waals surface area (Å²) >= 11 is 3.48. The van der Waals surface area contributed by atoms with Crippen LogP contribution < -0.4 is 5.32 Å². The zero-order valence-corrected chi connectivity index (χ0v) is 14.7. The van der Waals surface area contributed by atoms with Gasteiger partial charge in [-0.3, -0.25) is 4.79 Å². The Hall–Kier alpha value is -0.830. The Kier molecular flexibility index (Phi) is 3.80. The topological polar surface area (TPSA) is 29.1 Å². The number of halogens is 1. The first-order valence-electron chi connectivity index (χ1n) is 8.67. The van der Waals surface area contributed by atoms with E-state index < -0.39 is 0 Å². The molecule has 4 aliphatic rings. The van der Waals surface area contributed by atoms with Crippen molar-refractivity contribution in [2.45, 2.75) is 45.1 Å². The van der Waals surface area contributed by atoms with Crippen molar-refractivity contribution in [3.8, 4) is 0 Å². The molecule has 1 aromatic carbocycles. The van der Waals surface area contributed by atoms with Crippen molar-refractivity contribution < 1.29 is 4.79 Å². The van der Waals surface area contributed by atoms with Crippen LogP contribution in [0.25, 0.3) is 0 Å². The van der Waals surface area contributed by atoms with Crippen molar-refractivity contribution in [3.63, 3.8) is 0 Å².